The van der Waals surface area contributed by atoms with Gasteiger partial charge in [0, 0.05) is 47.4 Å². The zero-order chi connectivity index (χ0) is 16.1. The highest BCUT2D eigenvalue weighted by molar-refractivity contribution is 7.99. The van der Waals surface area contributed by atoms with Crippen molar-refractivity contribution in [1.82, 2.24) is 4.90 Å². The molecule has 0 unspecified atom stereocenters. The first-order chi connectivity index (χ1) is 11.2. The summed E-state index contributed by atoms with van der Waals surface area (Å²) in [6.07, 6.45) is 0. The highest BCUT2D eigenvalue weighted by atomic mass is 35.5. The normalized spacial score (nSPS) is 15.3. The Bertz CT molecular complexity index is 669. The van der Waals surface area contributed by atoms with Crippen LogP contribution < -0.4 is 5.32 Å². The number of nitrogens with one attached hydrogen (secondary N) is 1. The van der Waals surface area contributed by atoms with Gasteiger partial charge in [-0.25, -0.2) is 0 Å². The highest BCUT2D eigenvalue weighted by Gasteiger charge is 2.14. The van der Waals surface area contributed by atoms with Crippen molar-refractivity contribution in [2.45, 2.75) is 6.54 Å². The molecule has 23 heavy (non-hydrogen) atoms. The van der Waals surface area contributed by atoms with Crippen LogP contribution in [0.1, 0.15) is 15.9 Å². The van der Waals surface area contributed by atoms with E-state index in [9.17, 15) is 4.79 Å². The third-order valence-electron chi connectivity index (χ3n) is 3.87. The molecule has 1 amide bonds. The maximum absolute atomic E-state index is 12.4. The Morgan fingerprint density at radius 3 is 2.52 bits per heavy atom. The smallest absolute Gasteiger partial charge is 0.255 e. The first-order valence-electron chi connectivity index (χ1n) is 7.67. The first kappa shape index (κ1) is 16.4. The molecule has 0 bridgehead atoms. The molecule has 3 rings (SSSR count). The number of hydrogen-bond acceptors (Lipinski definition) is 3. The van der Waals surface area contributed by atoms with E-state index in [-0.39, 0.29) is 5.91 Å². The van der Waals surface area contributed by atoms with E-state index in [2.05, 4.69) is 16.3 Å². The molecule has 2 aromatic carbocycles. The number of halogens is 1. The van der Waals surface area contributed by atoms with E-state index in [0.29, 0.717) is 10.6 Å². The second-order valence-electron chi connectivity index (χ2n) is 5.51. The molecule has 1 aliphatic rings. The van der Waals surface area contributed by atoms with Gasteiger partial charge in [-0.05, 0) is 35.9 Å². The molecule has 0 radical (unpaired) electrons. The van der Waals surface area contributed by atoms with Crippen molar-refractivity contribution >= 4 is 35.0 Å². The van der Waals surface area contributed by atoms with E-state index in [0.717, 1.165) is 30.9 Å². The molecule has 120 valence electrons. The fraction of sp³-hybridized carbons (Fsp3) is 0.278. The molecule has 0 aliphatic carbocycles. The summed E-state index contributed by atoms with van der Waals surface area (Å²) < 4.78 is 0. The molecule has 2 aromatic rings. The van der Waals surface area contributed by atoms with Gasteiger partial charge in [0.05, 0.1) is 0 Å². The van der Waals surface area contributed by atoms with Crippen molar-refractivity contribution < 1.29 is 4.79 Å². The summed E-state index contributed by atoms with van der Waals surface area (Å²) in [5.74, 6) is 2.25. The summed E-state index contributed by atoms with van der Waals surface area (Å²) in [6, 6.07) is 15.0. The summed E-state index contributed by atoms with van der Waals surface area (Å²) in [6.45, 7) is 3.08. The first-order valence-corrected chi connectivity index (χ1v) is 9.20. The van der Waals surface area contributed by atoms with E-state index >= 15 is 0 Å². The van der Waals surface area contributed by atoms with E-state index in [1.807, 2.05) is 30.0 Å². The second kappa shape index (κ2) is 7.86. The lowest BCUT2D eigenvalue weighted by atomic mass is 10.1. The molecule has 1 fully saturated rings. The Morgan fingerprint density at radius 2 is 1.78 bits per heavy atom. The lowest BCUT2D eigenvalue weighted by molar-refractivity contribution is 0.102. The number of para-hydroxylation sites is 1. The molecule has 0 spiro atoms. The molecule has 0 saturated carbocycles. The van der Waals surface area contributed by atoms with Gasteiger partial charge in [0.15, 0.2) is 0 Å². The van der Waals surface area contributed by atoms with Crippen LogP contribution in [0.15, 0.2) is 48.5 Å². The molecule has 0 atom stereocenters. The summed E-state index contributed by atoms with van der Waals surface area (Å²) in [4.78, 5) is 14.8. The van der Waals surface area contributed by atoms with Crippen LogP contribution in [0.4, 0.5) is 5.69 Å². The van der Waals surface area contributed by atoms with Gasteiger partial charge >= 0.3 is 0 Å². The van der Waals surface area contributed by atoms with Crippen molar-refractivity contribution in [1.29, 1.82) is 0 Å². The van der Waals surface area contributed by atoms with Gasteiger partial charge in [-0.2, -0.15) is 11.8 Å². The zero-order valence-electron chi connectivity index (χ0n) is 12.8. The number of carbonyl (C=O) groups excluding carboxylic acids is 1. The number of carbonyl (C=O) groups is 1. The third-order valence-corrected chi connectivity index (χ3v) is 5.06. The average Bonchev–Trinajstić information content (AvgIpc) is 2.58. The number of nitrogens with zero attached hydrogens (tertiary/aromatic N) is 1. The average molecular weight is 347 g/mol. The van der Waals surface area contributed by atoms with Crippen LogP contribution in [0, 0.1) is 0 Å². The molecule has 1 heterocycles. The summed E-state index contributed by atoms with van der Waals surface area (Å²) in [5.41, 5.74) is 2.64. The van der Waals surface area contributed by atoms with Gasteiger partial charge in [0.1, 0.15) is 0 Å². The van der Waals surface area contributed by atoms with Crippen molar-refractivity contribution in [2.24, 2.45) is 0 Å². The molecule has 3 nitrogen and oxygen atoms in total. The Morgan fingerprint density at radius 1 is 1.09 bits per heavy atom. The van der Waals surface area contributed by atoms with E-state index in [1.54, 1.807) is 24.3 Å². The van der Waals surface area contributed by atoms with Crippen LogP contribution in [0.2, 0.25) is 5.02 Å². The Labute approximate surface area is 146 Å². The topological polar surface area (TPSA) is 32.3 Å². The van der Waals surface area contributed by atoms with Gasteiger partial charge in [-0.3, -0.25) is 9.69 Å². The number of hydrogen-bond donors (Lipinski definition) is 1. The van der Waals surface area contributed by atoms with Gasteiger partial charge in [-0.1, -0.05) is 29.8 Å². The second-order valence-corrected chi connectivity index (χ2v) is 7.17. The van der Waals surface area contributed by atoms with Crippen LogP contribution in [0.5, 0.6) is 0 Å². The Hall–Kier alpha value is -1.49. The third kappa shape index (κ3) is 4.50. The highest BCUT2D eigenvalue weighted by Crippen LogP contribution is 2.20. The van der Waals surface area contributed by atoms with Crippen molar-refractivity contribution in [2.75, 3.05) is 29.9 Å². The summed E-state index contributed by atoms with van der Waals surface area (Å²) >= 11 is 7.87. The predicted molar refractivity (Wildman–Crippen MR) is 98.4 cm³/mol. The van der Waals surface area contributed by atoms with Crippen LogP contribution in [0.25, 0.3) is 0 Å². The Kier molecular flexibility index (Phi) is 5.60. The molecule has 0 aromatic heterocycles. The maximum Gasteiger partial charge on any atom is 0.255 e. The lowest BCUT2D eigenvalue weighted by Gasteiger charge is -2.27. The van der Waals surface area contributed by atoms with E-state index in [4.69, 9.17) is 11.6 Å². The van der Waals surface area contributed by atoms with Gasteiger partial charge in [0.25, 0.3) is 5.91 Å². The zero-order valence-corrected chi connectivity index (χ0v) is 14.4. The van der Waals surface area contributed by atoms with Crippen LogP contribution in [-0.4, -0.2) is 35.4 Å². The molecular formula is C18H19ClN2OS. The minimum Gasteiger partial charge on any atom is -0.322 e. The molecule has 1 N–H and O–H groups in total. The number of anilines is 1. The van der Waals surface area contributed by atoms with Crippen LogP contribution >= 0.6 is 23.4 Å². The summed E-state index contributed by atoms with van der Waals surface area (Å²) in [7, 11) is 0. The van der Waals surface area contributed by atoms with E-state index in [1.165, 1.54) is 11.5 Å². The molecule has 1 saturated heterocycles. The van der Waals surface area contributed by atoms with Gasteiger partial charge < -0.3 is 5.32 Å². The fourth-order valence-electron chi connectivity index (χ4n) is 2.58. The van der Waals surface area contributed by atoms with Crippen molar-refractivity contribution in [3.8, 4) is 0 Å². The number of amides is 1. The fourth-order valence-corrected chi connectivity index (χ4v) is 3.68. The Balaban J connectivity index is 1.72. The monoisotopic (exact) mass is 346 g/mol. The standard InChI is InChI=1S/C18H19ClN2OS/c19-16-7-5-14(6-8-16)18(22)20-17-4-2-1-3-15(17)13-21-9-11-23-12-10-21/h1-8H,9-13H2,(H,20,22). The molecule has 5 heteroatoms. The van der Waals surface area contributed by atoms with Crippen molar-refractivity contribution in [3.05, 3.63) is 64.7 Å². The number of benzene rings is 2. The van der Waals surface area contributed by atoms with E-state index < -0.39 is 0 Å². The van der Waals surface area contributed by atoms with Crippen molar-refractivity contribution in [3.63, 3.8) is 0 Å². The lowest BCUT2D eigenvalue weighted by Crippen LogP contribution is -2.32. The van der Waals surface area contributed by atoms with Crippen LogP contribution in [-0.2, 0) is 6.54 Å². The van der Waals surface area contributed by atoms with Gasteiger partial charge in [0.2, 0.25) is 0 Å². The quantitative estimate of drug-likeness (QED) is 0.903. The minimum absolute atomic E-state index is 0.108. The molecule has 1 aliphatic heterocycles. The predicted octanol–water partition coefficient (Wildman–Crippen LogP) is 4.14. The minimum atomic E-state index is -0.108. The summed E-state index contributed by atoms with van der Waals surface area (Å²) in [5, 5.41) is 3.65. The largest absolute Gasteiger partial charge is 0.322 e. The maximum atomic E-state index is 12.4. The molecular weight excluding hydrogens is 328 g/mol. The SMILES string of the molecule is O=C(Nc1ccccc1CN1CCSCC1)c1ccc(Cl)cc1. The number of thioether (sulfide) groups is 1. The van der Waals surface area contributed by atoms with Gasteiger partial charge in [-0.15, -0.1) is 0 Å². The number of rotatable bonds is 4. The van der Waals surface area contributed by atoms with Crippen LogP contribution in [0.3, 0.4) is 0 Å².